The molecule has 0 spiro atoms. The Morgan fingerprint density at radius 1 is 1.50 bits per heavy atom. The number of fused-ring (bicyclic) bond motifs is 1. The highest BCUT2D eigenvalue weighted by Gasteiger charge is 2.31. The van der Waals surface area contributed by atoms with Gasteiger partial charge in [-0.2, -0.15) is 0 Å². The van der Waals surface area contributed by atoms with Crippen LogP contribution >= 0.6 is 23.2 Å². The summed E-state index contributed by atoms with van der Waals surface area (Å²) in [6.07, 6.45) is 2.02. The molecule has 2 aromatic rings. The zero-order valence-electron chi connectivity index (χ0n) is 11.1. The first-order valence-electron chi connectivity index (χ1n) is 6.56. The van der Waals surface area contributed by atoms with Gasteiger partial charge in [-0.3, -0.25) is 0 Å². The lowest BCUT2D eigenvalue weighted by atomic mass is 10.0. The number of halogens is 3. The highest BCUT2D eigenvalue weighted by molar-refractivity contribution is 6.31. The lowest BCUT2D eigenvalue weighted by Crippen LogP contribution is -2.30. The van der Waals surface area contributed by atoms with Gasteiger partial charge in [0.05, 0.1) is 34.1 Å². The fourth-order valence-corrected chi connectivity index (χ4v) is 3.11. The quantitative estimate of drug-likeness (QED) is 0.796. The number of nitrogens with zero attached hydrogens (tertiary/aromatic N) is 2. The zero-order valence-corrected chi connectivity index (χ0v) is 12.6. The Morgan fingerprint density at radius 2 is 2.30 bits per heavy atom. The molecule has 108 valence electrons. The minimum Gasteiger partial charge on any atom is -0.373 e. The van der Waals surface area contributed by atoms with Crippen molar-refractivity contribution in [1.29, 1.82) is 0 Å². The van der Waals surface area contributed by atoms with Gasteiger partial charge >= 0.3 is 0 Å². The van der Waals surface area contributed by atoms with Crippen molar-refractivity contribution in [3.63, 3.8) is 0 Å². The van der Waals surface area contributed by atoms with Crippen molar-refractivity contribution in [3.05, 3.63) is 28.8 Å². The van der Waals surface area contributed by atoms with Gasteiger partial charge in [-0.1, -0.05) is 11.6 Å². The number of hydrogen-bond acceptors (Lipinski definition) is 2. The van der Waals surface area contributed by atoms with Crippen molar-refractivity contribution < 1.29 is 9.13 Å². The summed E-state index contributed by atoms with van der Waals surface area (Å²) < 4.78 is 21.5. The van der Waals surface area contributed by atoms with Gasteiger partial charge in [-0.05, 0) is 25.8 Å². The van der Waals surface area contributed by atoms with Crippen LogP contribution in [-0.4, -0.2) is 21.8 Å². The summed E-state index contributed by atoms with van der Waals surface area (Å²) in [6, 6.07) is 2.95. The normalized spacial score (nSPS) is 22.8. The Labute approximate surface area is 126 Å². The van der Waals surface area contributed by atoms with Gasteiger partial charge in [0.1, 0.15) is 11.6 Å². The van der Waals surface area contributed by atoms with E-state index in [9.17, 15) is 4.39 Å². The molecule has 3 nitrogen and oxygen atoms in total. The molecule has 2 heterocycles. The first kappa shape index (κ1) is 14.1. The maximum atomic E-state index is 13.7. The van der Waals surface area contributed by atoms with Crippen LogP contribution in [0.15, 0.2) is 12.1 Å². The lowest BCUT2D eigenvalue weighted by Gasteiger charge is -2.25. The van der Waals surface area contributed by atoms with Crippen LogP contribution in [0, 0.1) is 5.82 Å². The van der Waals surface area contributed by atoms with Gasteiger partial charge in [0.25, 0.3) is 0 Å². The molecule has 1 saturated heterocycles. The number of hydrogen-bond donors (Lipinski definition) is 0. The fraction of sp³-hybridized carbons (Fsp3) is 0.500. The third-order valence-corrected chi connectivity index (χ3v) is 4.31. The second kappa shape index (κ2) is 5.17. The van der Waals surface area contributed by atoms with Crippen LogP contribution in [-0.2, 0) is 17.2 Å². The molecule has 6 heteroatoms. The number of alkyl halides is 1. The Kier molecular flexibility index (Phi) is 3.65. The summed E-state index contributed by atoms with van der Waals surface area (Å²) in [7, 11) is 0. The maximum Gasteiger partial charge on any atom is 0.144 e. The van der Waals surface area contributed by atoms with Crippen molar-refractivity contribution in [2.24, 2.45) is 0 Å². The second-order valence-corrected chi connectivity index (χ2v) is 6.08. The van der Waals surface area contributed by atoms with Crippen molar-refractivity contribution in [2.45, 2.75) is 37.8 Å². The molecule has 0 bridgehead atoms. The molecule has 3 rings (SSSR count). The summed E-state index contributed by atoms with van der Waals surface area (Å²) in [4.78, 5) is 4.43. The molecular formula is C14H15Cl2FN2O. The molecule has 0 N–H and O–H groups in total. The summed E-state index contributed by atoms with van der Waals surface area (Å²) >= 11 is 11.8. The third kappa shape index (κ3) is 2.41. The summed E-state index contributed by atoms with van der Waals surface area (Å²) in [5, 5.41) is 0.0756. The number of rotatable bonds is 3. The molecule has 0 radical (unpaired) electrons. The van der Waals surface area contributed by atoms with E-state index >= 15 is 0 Å². The highest BCUT2D eigenvalue weighted by Crippen LogP contribution is 2.31. The standard InChI is InChI=1S/C14H15Cl2FN2O/c1-14(3-2-4-20-14)8-19-12-6-10(17)9(16)5-11(12)18-13(19)7-15/h5-6H,2-4,7-8H2,1H3. The Bertz CT molecular complexity index is 650. The summed E-state index contributed by atoms with van der Waals surface area (Å²) in [5.41, 5.74) is 1.12. The molecular weight excluding hydrogens is 302 g/mol. The van der Waals surface area contributed by atoms with Crippen molar-refractivity contribution in [3.8, 4) is 0 Å². The molecule has 20 heavy (non-hydrogen) atoms. The van der Waals surface area contributed by atoms with Crippen LogP contribution in [0.25, 0.3) is 11.0 Å². The Hall–Kier alpha value is -0.840. The summed E-state index contributed by atoms with van der Waals surface area (Å²) in [6.45, 7) is 3.45. The number of benzene rings is 1. The smallest absolute Gasteiger partial charge is 0.144 e. The van der Waals surface area contributed by atoms with Gasteiger partial charge in [0.2, 0.25) is 0 Å². The molecule has 1 unspecified atom stereocenters. The van der Waals surface area contributed by atoms with E-state index in [1.165, 1.54) is 12.1 Å². The SMILES string of the molecule is CC1(Cn2c(CCl)nc3cc(Cl)c(F)cc32)CCCO1. The van der Waals surface area contributed by atoms with Crippen LogP contribution in [0.2, 0.25) is 5.02 Å². The van der Waals surface area contributed by atoms with Crippen LogP contribution in [0.4, 0.5) is 4.39 Å². The van der Waals surface area contributed by atoms with Gasteiger partial charge in [-0.15, -0.1) is 11.6 Å². The van der Waals surface area contributed by atoms with Gasteiger partial charge in [-0.25, -0.2) is 9.37 Å². The molecule has 1 aliphatic heterocycles. The minimum atomic E-state index is -0.445. The zero-order chi connectivity index (χ0) is 14.3. The van der Waals surface area contributed by atoms with Crippen LogP contribution < -0.4 is 0 Å². The fourth-order valence-electron chi connectivity index (χ4n) is 2.74. The first-order valence-corrected chi connectivity index (χ1v) is 7.48. The van der Waals surface area contributed by atoms with Crippen molar-refractivity contribution >= 4 is 34.2 Å². The highest BCUT2D eigenvalue weighted by atomic mass is 35.5. The average molecular weight is 317 g/mol. The molecule has 1 aromatic heterocycles. The molecule has 1 atom stereocenters. The third-order valence-electron chi connectivity index (χ3n) is 3.78. The minimum absolute atomic E-state index is 0.0756. The van der Waals surface area contributed by atoms with E-state index in [4.69, 9.17) is 27.9 Å². The van der Waals surface area contributed by atoms with E-state index in [0.29, 0.717) is 23.4 Å². The van der Waals surface area contributed by atoms with E-state index in [0.717, 1.165) is 19.4 Å². The predicted molar refractivity (Wildman–Crippen MR) is 77.8 cm³/mol. The summed E-state index contributed by atoms with van der Waals surface area (Å²) in [5.74, 6) is 0.531. The van der Waals surface area contributed by atoms with Gasteiger partial charge < -0.3 is 9.30 Å². The molecule has 1 aliphatic rings. The first-order chi connectivity index (χ1) is 9.52. The van der Waals surface area contributed by atoms with Crippen LogP contribution in [0.5, 0.6) is 0 Å². The molecule has 0 saturated carbocycles. The van der Waals surface area contributed by atoms with Crippen LogP contribution in [0.3, 0.4) is 0 Å². The van der Waals surface area contributed by atoms with E-state index < -0.39 is 5.82 Å². The lowest BCUT2D eigenvalue weighted by molar-refractivity contribution is 0.00660. The predicted octanol–water partition coefficient (Wildman–Crippen LogP) is 4.14. The maximum absolute atomic E-state index is 13.7. The second-order valence-electron chi connectivity index (χ2n) is 5.40. The topological polar surface area (TPSA) is 27.1 Å². The Balaban J connectivity index is 2.10. The number of imidazole rings is 1. The van der Waals surface area contributed by atoms with E-state index in [-0.39, 0.29) is 16.5 Å². The van der Waals surface area contributed by atoms with E-state index in [1.54, 1.807) is 0 Å². The molecule has 1 aromatic carbocycles. The molecule has 0 aliphatic carbocycles. The van der Waals surface area contributed by atoms with E-state index in [1.807, 2.05) is 4.57 Å². The molecule has 0 amide bonds. The van der Waals surface area contributed by atoms with Crippen LogP contribution in [0.1, 0.15) is 25.6 Å². The Morgan fingerprint density at radius 3 is 2.95 bits per heavy atom. The number of aromatic nitrogens is 2. The average Bonchev–Trinajstić information content (AvgIpc) is 2.96. The molecule has 1 fully saturated rings. The van der Waals surface area contributed by atoms with Gasteiger partial charge in [0, 0.05) is 12.7 Å². The largest absolute Gasteiger partial charge is 0.373 e. The van der Waals surface area contributed by atoms with E-state index in [2.05, 4.69) is 11.9 Å². The monoisotopic (exact) mass is 316 g/mol. The number of ether oxygens (including phenoxy) is 1. The van der Waals surface area contributed by atoms with Gasteiger partial charge in [0.15, 0.2) is 0 Å². The van der Waals surface area contributed by atoms with Crippen molar-refractivity contribution in [1.82, 2.24) is 9.55 Å². The van der Waals surface area contributed by atoms with Crippen molar-refractivity contribution in [2.75, 3.05) is 6.61 Å².